The number of hydrogen-bond acceptors (Lipinski definition) is 5. The van der Waals surface area contributed by atoms with E-state index in [1.807, 2.05) is 44.2 Å². The molecule has 6 heteroatoms. The lowest BCUT2D eigenvalue weighted by Gasteiger charge is -2.14. The summed E-state index contributed by atoms with van der Waals surface area (Å²) in [6.07, 6.45) is 0.0768. The molecule has 0 aromatic heterocycles. The van der Waals surface area contributed by atoms with E-state index >= 15 is 0 Å². The molecule has 1 amide bonds. The Kier molecular flexibility index (Phi) is 8.10. The Morgan fingerprint density at radius 1 is 0.969 bits per heavy atom. The second kappa shape index (κ2) is 11.4. The highest BCUT2D eigenvalue weighted by Crippen LogP contribution is 2.29. The van der Waals surface area contributed by atoms with Gasteiger partial charge < -0.3 is 19.5 Å². The summed E-state index contributed by atoms with van der Waals surface area (Å²) in [5.41, 5.74) is 2.04. The highest BCUT2D eigenvalue weighted by atomic mass is 16.5. The number of nitrogens with one attached hydrogen (secondary N) is 1. The number of amides is 1. The van der Waals surface area contributed by atoms with Crippen LogP contribution in [0.2, 0.25) is 0 Å². The molecule has 0 saturated heterocycles. The molecule has 0 fully saturated rings. The minimum Gasteiger partial charge on any atom is -0.491 e. The zero-order valence-corrected chi connectivity index (χ0v) is 18.2. The summed E-state index contributed by atoms with van der Waals surface area (Å²) in [6, 6.07) is 23.9. The Hall–Kier alpha value is -3.98. The SMILES string of the molecule is CC(C)Oc1ccc(C(=O)NCCOc2cc(C#N)ccc2OCc2ccccc2)cc1. The summed E-state index contributed by atoms with van der Waals surface area (Å²) >= 11 is 0. The third kappa shape index (κ3) is 6.78. The Morgan fingerprint density at radius 3 is 2.41 bits per heavy atom. The fourth-order valence-electron chi connectivity index (χ4n) is 2.93. The standard InChI is InChI=1S/C26H26N2O4/c1-19(2)32-23-11-9-22(10-12-23)26(29)28-14-15-30-25-16-21(17-27)8-13-24(25)31-18-20-6-4-3-5-7-20/h3-13,16,19H,14-15,18H2,1-2H3,(H,28,29). The first-order valence-corrected chi connectivity index (χ1v) is 10.4. The zero-order chi connectivity index (χ0) is 22.8. The normalized spacial score (nSPS) is 10.3. The molecule has 0 aliphatic carbocycles. The lowest BCUT2D eigenvalue weighted by atomic mass is 10.2. The van der Waals surface area contributed by atoms with Crippen LogP contribution >= 0.6 is 0 Å². The van der Waals surface area contributed by atoms with Gasteiger partial charge in [-0.05, 0) is 55.8 Å². The number of nitrogens with zero attached hydrogens (tertiary/aromatic N) is 1. The van der Waals surface area contributed by atoms with Crippen LogP contribution in [-0.2, 0) is 6.61 Å². The van der Waals surface area contributed by atoms with E-state index in [-0.39, 0.29) is 18.6 Å². The third-order valence-electron chi connectivity index (χ3n) is 4.44. The molecule has 3 aromatic carbocycles. The van der Waals surface area contributed by atoms with E-state index in [9.17, 15) is 10.1 Å². The van der Waals surface area contributed by atoms with E-state index < -0.39 is 0 Å². The summed E-state index contributed by atoms with van der Waals surface area (Å²) in [4.78, 5) is 12.3. The second-order valence-electron chi connectivity index (χ2n) is 7.34. The number of ether oxygens (including phenoxy) is 3. The van der Waals surface area contributed by atoms with Crippen LogP contribution in [0.5, 0.6) is 17.2 Å². The van der Waals surface area contributed by atoms with Crippen LogP contribution in [-0.4, -0.2) is 25.2 Å². The van der Waals surface area contributed by atoms with Crippen molar-refractivity contribution in [2.45, 2.75) is 26.6 Å². The predicted octanol–water partition coefficient (Wildman–Crippen LogP) is 4.73. The maximum absolute atomic E-state index is 12.3. The molecule has 0 atom stereocenters. The Labute approximate surface area is 188 Å². The number of carbonyl (C=O) groups is 1. The lowest BCUT2D eigenvalue weighted by Crippen LogP contribution is -2.28. The summed E-state index contributed by atoms with van der Waals surface area (Å²) in [5.74, 6) is 1.53. The van der Waals surface area contributed by atoms with Crippen LogP contribution in [0.25, 0.3) is 0 Å². The number of benzene rings is 3. The van der Waals surface area contributed by atoms with Gasteiger partial charge in [-0.2, -0.15) is 5.26 Å². The van der Waals surface area contributed by atoms with Gasteiger partial charge in [-0.15, -0.1) is 0 Å². The van der Waals surface area contributed by atoms with E-state index in [0.717, 1.165) is 11.3 Å². The topological polar surface area (TPSA) is 80.6 Å². The van der Waals surface area contributed by atoms with Crippen LogP contribution in [0.4, 0.5) is 0 Å². The fraction of sp³-hybridized carbons (Fsp3) is 0.231. The maximum atomic E-state index is 12.3. The minimum atomic E-state index is -0.198. The molecule has 0 unspecified atom stereocenters. The van der Waals surface area contributed by atoms with Crippen molar-refractivity contribution in [2.24, 2.45) is 0 Å². The van der Waals surface area contributed by atoms with E-state index in [2.05, 4.69) is 11.4 Å². The van der Waals surface area contributed by atoms with Crippen LogP contribution in [0.3, 0.4) is 0 Å². The van der Waals surface area contributed by atoms with Gasteiger partial charge >= 0.3 is 0 Å². The van der Waals surface area contributed by atoms with Crippen molar-refractivity contribution in [1.29, 1.82) is 5.26 Å². The average Bonchev–Trinajstić information content (AvgIpc) is 2.81. The summed E-state index contributed by atoms with van der Waals surface area (Å²) in [7, 11) is 0. The van der Waals surface area contributed by atoms with Crippen molar-refractivity contribution in [1.82, 2.24) is 5.32 Å². The molecular formula is C26H26N2O4. The highest BCUT2D eigenvalue weighted by molar-refractivity contribution is 5.94. The molecule has 0 spiro atoms. The second-order valence-corrected chi connectivity index (χ2v) is 7.34. The van der Waals surface area contributed by atoms with Crippen molar-refractivity contribution in [3.63, 3.8) is 0 Å². The van der Waals surface area contributed by atoms with Gasteiger partial charge in [0.05, 0.1) is 24.3 Å². The molecule has 3 aromatic rings. The average molecular weight is 431 g/mol. The number of carbonyl (C=O) groups excluding carboxylic acids is 1. The van der Waals surface area contributed by atoms with Gasteiger partial charge in [-0.1, -0.05) is 30.3 Å². The van der Waals surface area contributed by atoms with E-state index in [4.69, 9.17) is 14.2 Å². The van der Waals surface area contributed by atoms with Crippen molar-refractivity contribution >= 4 is 5.91 Å². The summed E-state index contributed by atoms with van der Waals surface area (Å²) < 4.78 is 17.3. The largest absolute Gasteiger partial charge is 0.491 e. The third-order valence-corrected chi connectivity index (χ3v) is 4.44. The quantitative estimate of drug-likeness (QED) is 0.470. The first kappa shape index (κ1) is 22.7. The molecule has 0 saturated carbocycles. The number of hydrogen-bond donors (Lipinski definition) is 1. The van der Waals surface area contributed by atoms with Gasteiger partial charge in [-0.3, -0.25) is 4.79 Å². The van der Waals surface area contributed by atoms with Gasteiger partial charge in [0, 0.05) is 11.6 Å². The van der Waals surface area contributed by atoms with Crippen molar-refractivity contribution in [3.8, 4) is 23.3 Å². The molecule has 0 bridgehead atoms. The summed E-state index contributed by atoms with van der Waals surface area (Å²) in [5, 5.41) is 12.0. The van der Waals surface area contributed by atoms with Gasteiger partial charge in [0.25, 0.3) is 5.91 Å². The lowest BCUT2D eigenvalue weighted by molar-refractivity contribution is 0.0946. The highest BCUT2D eigenvalue weighted by Gasteiger charge is 2.09. The Bertz CT molecular complexity index is 1060. The van der Waals surface area contributed by atoms with Crippen molar-refractivity contribution in [3.05, 3.63) is 89.5 Å². The molecule has 164 valence electrons. The van der Waals surface area contributed by atoms with E-state index in [1.165, 1.54) is 0 Å². The maximum Gasteiger partial charge on any atom is 0.251 e. The van der Waals surface area contributed by atoms with Crippen LogP contribution in [0.1, 0.15) is 35.3 Å². The molecule has 0 heterocycles. The molecule has 3 rings (SSSR count). The monoisotopic (exact) mass is 430 g/mol. The molecule has 0 aliphatic heterocycles. The molecule has 0 aliphatic rings. The van der Waals surface area contributed by atoms with Crippen LogP contribution in [0.15, 0.2) is 72.8 Å². The van der Waals surface area contributed by atoms with Crippen LogP contribution < -0.4 is 19.5 Å². The zero-order valence-electron chi connectivity index (χ0n) is 18.2. The minimum absolute atomic E-state index is 0.0768. The van der Waals surface area contributed by atoms with Gasteiger partial charge in [0.2, 0.25) is 0 Å². The van der Waals surface area contributed by atoms with Crippen molar-refractivity contribution < 1.29 is 19.0 Å². The van der Waals surface area contributed by atoms with E-state index in [0.29, 0.717) is 35.8 Å². The smallest absolute Gasteiger partial charge is 0.251 e. The molecule has 6 nitrogen and oxygen atoms in total. The van der Waals surface area contributed by atoms with Crippen molar-refractivity contribution in [2.75, 3.05) is 13.2 Å². The van der Waals surface area contributed by atoms with Gasteiger partial charge in [0.15, 0.2) is 11.5 Å². The predicted molar refractivity (Wildman–Crippen MR) is 122 cm³/mol. The first-order chi connectivity index (χ1) is 15.5. The molecule has 1 N–H and O–H groups in total. The fourth-order valence-corrected chi connectivity index (χ4v) is 2.93. The number of rotatable bonds is 10. The van der Waals surface area contributed by atoms with Gasteiger partial charge in [0.1, 0.15) is 19.0 Å². The van der Waals surface area contributed by atoms with Crippen LogP contribution in [0, 0.1) is 11.3 Å². The first-order valence-electron chi connectivity index (χ1n) is 10.4. The Balaban J connectivity index is 1.53. The molecule has 32 heavy (non-hydrogen) atoms. The number of nitriles is 1. The summed E-state index contributed by atoms with van der Waals surface area (Å²) in [6.45, 7) is 4.82. The van der Waals surface area contributed by atoms with Gasteiger partial charge in [-0.25, -0.2) is 0 Å². The van der Waals surface area contributed by atoms with E-state index in [1.54, 1.807) is 42.5 Å². The molecule has 0 radical (unpaired) electrons. The Morgan fingerprint density at radius 2 is 1.72 bits per heavy atom. The molecular weight excluding hydrogens is 404 g/mol.